The summed E-state index contributed by atoms with van der Waals surface area (Å²) >= 11 is 0. The minimum absolute atomic E-state index is 0.0870. The molecule has 0 N–H and O–H groups in total. The number of allylic oxidation sites excluding steroid dienone is 4. The maximum atomic E-state index is 13.6. The van der Waals surface area contributed by atoms with E-state index in [1.54, 1.807) is 12.1 Å². The lowest BCUT2D eigenvalue weighted by Crippen LogP contribution is -1.93. The van der Waals surface area contributed by atoms with Gasteiger partial charge in [0.15, 0.2) is 17.5 Å². The first kappa shape index (κ1) is 14.4. The third-order valence-corrected chi connectivity index (χ3v) is 3.08. The van der Waals surface area contributed by atoms with Crippen molar-refractivity contribution in [3.8, 4) is 0 Å². The van der Waals surface area contributed by atoms with Gasteiger partial charge in [0.2, 0.25) is 0 Å². The highest BCUT2D eigenvalue weighted by molar-refractivity contribution is 5.88. The van der Waals surface area contributed by atoms with E-state index < -0.39 is 17.5 Å². The van der Waals surface area contributed by atoms with Gasteiger partial charge in [-0.3, -0.25) is 0 Å². The Kier molecular flexibility index (Phi) is 4.28. The highest BCUT2D eigenvalue weighted by Crippen LogP contribution is 2.27. The normalized spacial score (nSPS) is 12.6. The van der Waals surface area contributed by atoms with Crippen molar-refractivity contribution in [1.82, 2.24) is 0 Å². The van der Waals surface area contributed by atoms with Crippen molar-refractivity contribution < 1.29 is 13.2 Å². The SMILES string of the molecule is C/C=C\C(=C/CC)c1ccc2c(F)c(F)c(F)cc2c1. The number of rotatable bonds is 3. The second-order valence-corrected chi connectivity index (χ2v) is 4.49. The average Bonchev–Trinajstić information content (AvgIpc) is 2.44. The standard InChI is InChI=1S/C17H15F3/c1-3-5-11(6-4-2)12-7-8-14-13(9-12)10-15(18)17(20)16(14)19/h3,5-10H,4H2,1-2H3/b5-3-,11-6+. The molecular weight excluding hydrogens is 261 g/mol. The zero-order valence-corrected chi connectivity index (χ0v) is 11.4. The second-order valence-electron chi connectivity index (χ2n) is 4.49. The van der Waals surface area contributed by atoms with Crippen molar-refractivity contribution in [2.75, 3.05) is 0 Å². The number of benzene rings is 2. The van der Waals surface area contributed by atoms with Gasteiger partial charge in [-0.25, -0.2) is 13.2 Å². The van der Waals surface area contributed by atoms with Crippen LogP contribution in [-0.2, 0) is 0 Å². The van der Waals surface area contributed by atoms with E-state index in [0.29, 0.717) is 5.39 Å². The van der Waals surface area contributed by atoms with Gasteiger partial charge in [-0.1, -0.05) is 37.3 Å². The van der Waals surface area contributed by atoms with Crippen molar-refractivity contribution >= 4 is 16.3 Å². The smallest absolute Gasteiger partial charge is 0.195 e. The van der Waals surface area contributed by atoms with Gasteiger partial charge in [0.1, 0.15) is 0 Å². The third kappa shape index (κ3) is 2.62. The first-order chi connectivity index (χ1) is 9.58. The Bertz CT molecular complexity index is 697. The van der Waals surface area contributed by atoms with Gasteiger partial charge >= 0.3 is 0 Å². The van der Waals surface area contributed by atoms with Crippen molar-refractivity contribution in [2.24, 2.45) is 0 Å². The van der Waals surface area contributed by atoms with Gasteiger partial charge in [-0.05, 0) is 42.0 Å². The van der Waals surface area contributed by atoms with Crippen LogP contribution in [0.5, 0.6) is 0 Å². The Morgan fingerprint density at radius 2 is 1.85 bits per heavy atom. The lowest BCUT2D eigenvalue weighted by Gasteiger charge is -2.07. The molecule has 0 unspecified atom stereocenters. The molecule has 0 saturated carbocycles. The molecule has 2 aromatic rings. The summed E-state index contributed by atoms with van der Waals surface area (Å²) in [6.45, 7) is 3.92. The molecule has 0 saturated heterocycles. The Morgan fingerprint density at radius 3 is 2.50 bits per heavy atom. The quantitative estimate of drug-likeness (QED) is 0.503. The molecular formula is C17H15F3. The van der Waals surface area contributed by atoms with E-state index in [1.807, 2.05) is 32.1 Å². The van der Waals surface area contributed by atoms with Gasteiger partial charge in [-0.15, -0.1) is 0 Å². The van der Waals surface area contributed by atoms with E-state index in [2.05, 4.69) is 0 Å². The summed E-state index contributed by atoms with van der Waals surface area (Å²) in [6.07, 6.45) is 6.71. The molecule has 0 spiro atoms. The van der Waals surface area contributed by atoms with Crippen LogP contribution >= 0.6 is 0 Å². The van der Waals surface area contributed by atoms with Crippen LogP contribution < -0.4 is 0 Å². The van der Waals surface area contributed by atoms with Crippen molar-refractivity contribution in [3.05, 3.63) is 65.5 Å². The minimum Gasteiger partial charge on any atom is -0.204 e. The van der Waals surface area contributed by atoms with Crippen LogP contribution in [0.1, 0.15) is 25.8 Å². The Labute approximate surface area is 116 Å². The molecule has 0 atom stereocenters. The van der Waals surface area contributed by atoms with Crippen molar-refractivity contribution in [3.63, 3.8) is 0 Å². The zero-order chi connectivity index (χ0) is 14.7. The van der Waals surface area contributed by atoms with Gasteiger partial charge in [0, 0.05) is 5.39 Å². The summed E-state index contributed by atoms with van der Waals surface area (Å²) in [4.78, 5) is 0. The lowest BCUT2D eigenvalue weighted by atomic mass is 9.99. The first-order valence-electron chi connectivity index (χ1n) is 6.49. The molecule has 0 bridgehead atoms. The monoisotopic (exact) mass is 276 g/mol. The maximum Gasteiger partial charge on any atom is 0.195 e. The third-order valence-electron chi connectivity index (χ3n) is 3.08. The molecule has 2 rings (SSSR count). The Balaban J connectivity index is 2.65. The van der Waals surface area contributed by atoms with Crippen LogP contribution in [-0.4, -0.2) is 0 Å². The highest BCUT2D eigenvalue weighted by Gasteiger charge is 2.13. The average molecular weight is 276 g/mol. The molecule has 0 aliphatic rings. The van der Waals surface area contributed by atoms with Crippen LogP contribution in [0.4, 0.5) is 13.2 Å². The molecule has 0 fully saturated rings. The molecule has 0 radical (unpaired) electrons. The van der Waals surface area contributed by atoms with E-state index in [0.717, 1.165) is 23.6 Å². The van der Waals surface area contributed by atoms with E-state index in [1.165, 1.54) is 6.07 Å². The van der Waals surface area contributed by atoms with E-state index in [9.17, 15) is 13.2 Å². The molecule has 0 heterocycles. The summed E-state index contributed by atoms with van der Waals surface area (Å²) in [5, 5.41) is 0.439. The molecule has 0 aromatic heterocycles. The predicted molar refractivity (Wildman–Crippen MR) is 76.9 cm³/mol. The molecule has 0 nitrogen and oxygen atoms in total. The van der Waals surface area contributed by atoms with Crippen LogP contribution in [0.2, 0.25) is 0 Å². The summed E-state index contributed by atoms with van der Waals surface area (Å²) in [5.74, 6) is -3.74. The molecule has 0 amide bonds. The molecule has 0 aliphatic carbocycles. The summed E-state index contributed by atoms with van der Waals surface area (Å²) in [5.41, 5.74) is 1.82. The fourth-order valence-electron chi connectivity index (χ4n) is 2.17. The van der Waals surface area contributed by atoms with Gasteiger partial charge in [0.25, 0.3) is 0 Å². The van der Waals surface area contributed by atoms with Crippen molar-refractivity contribution in [2.45, 2.75) is 20.3 Å². The van der Waals surface area contributed by atoms with Gasteiger partial charge in [-0.2, -0.15) is 0 Å². The zero-order valence-electron chi connectivity index (χ0n) is 11.4. The van der Waals surface area contributed by atoms with Gasteiger partial charge in [0.05, 0.1) is 0 Å². The van der Waals surface area contributed by atoms with Gasteiger partial charge < -0.3 is 0 Å². The van der Waals surface area contributed by atoms with E-state index in [-0.39, 0.29) is 5.39 Å². The largest absolute Gasteiger partial charge is 0.204 e. The van der Waals surface area contributed by atoms with E-state index in [4.69, 9.17) is 0 Å². The summed E-state index contributed by atoms with van der Waals surface area (Å²) < 4.78 is 40.1. The maximum absolute atomic E-state index is 13.6. The molecule has 2 aromatic carbocycles. The summed E-state index contributed by atoms with van der Waals surface area (Å²) in [7, 11) is 0. The Hall–Kier alpha value is -2.03. The fraction of sp³-hybridized carbons (Fsp3) is 0.176. The second kappa shape index (κ2) is 5.95. The minimum atomic E-state index is -1.43. The number of hydrogen-bond acceptors (Lipinski definition) is 0. The Morgan fingerprint density at radius 1 is 1.10 bits per heavy atom. The first-order valence-corrected chi connectivity index (χ1v) is 6.49. The topological polar surface area (TPSA) is 0 Å². The summed E-state index contributed by atoms with van der Waals surface area (Å²) in [6, 6.07) is 5.89. The molecule has 20 heavy (non-hydrogen) atoms. The van der Waals surface area contributed by atoms with Crippen LogP contribution in [0.3, 0.4) is 0 Å². The fourth-order valence-corrected chi connectivity index (χ4v) is 2.17. The number of halogens is 3. The van der Waals surface area contributed by atoms with Crippen LogP contribution in [0.25, 0.3) is 16.3 Å². The number of fused-ring (bicyclic) bond motifs is 1. The highest BCUT2D eigenvalue weighted by atomic mass is 19.2. The lowest BCUT2D eigenvalue weighted by molar-refractivity contribution is 0.453. The van der Waals surface area contributed by atoms with E-state index >= 15 is 0 Å². The van der Waals surface area contributed by atoms with Crippen molar-refractivity contribution in [1.29, 1.82) is 0 Å². The molecule has 104 valence electrons. The number of hydrogen-bond donors (Lipinski definition) is 0. The van der Waals surface area contributed by atoms with Crippen LogP contribution in [0, 0.1) is 17.5 Å². The molecule has 3 heteroatoms. The van der Waals surface area contributed by atoms with Crippen LogP contribution in [0.15, 0.2) is 42.5 Å². The predicted octanol–water partition coefficient (Wildman–Crippen LogP) is 5.63. The molecule has 0 aliphatic heterocycles.